The molecule has 13 nitrogen and oxygen atoms in total. The Kier molecular flexibility index (Phi) is 9.78. The number of aliphatic imine (C=N–C) groups is 1. The SMILES string of the molecule is CCOc1cc2c(cc1OC)C(c1cnc(N(C)C)nc1)=N[C@@H]1CC[C@@H](O)C[C@H]21.O=C(O)[C@@H](O)[C@H](O)C(=O)O. The van der Waals surface area contributed by atoms with Crippen LogP contribution in [0.4, 0.5) is 5.95 Å². The first-order chi connectivity index (χ1) is 18.5. The number of anilines is 1. The maximum atomic E-state index is 10.3. The summed E-state index contributed by atoms with van der Waals surface area (Å²) >= 11 is 0. The first kappa shape index (κ1) is 29.7. The number of aliphatic hydroxyl groups is 3. The number of aromatic nitrogens is 2. The number of hydrogen-bond donors (Lipinski definition) is 5. The maximum Gasteiger partial charge on any atom is 0.335 e. The van der Waals surface area contributed by atoms with Crippen molar-refractivity contribution in [3.8, 4) is 11.5 Å². The summed E-state index contributed by atoms with van der Waals surface area (Å²) in [6, 6.07) is 4.20. The summed E-state index contributed by atoms with van der Waals surface area (Å²) in [7, 11) is 5.48. The smallest absolute Gasteiger partial charge is 0.335 e. The van der Waals surface area contributed by atoms with E-state index < -0.39 is 24.1 Å². The molecule has 1 aromatic heterocycles. The van der Waals surface area contributed by atoms with Gasteiger partial charge in [-0.3, -0.25) is 4.99 Å². The predicted molar refractivity (Wildman–Crippen MR) is 140 cm³/mol. The van der Waals surface area contributed by atoms with Crippen LogP contribution in [0.3, 0.4) is 0 Å². The summed E-state index contributed by atoms with van der Waals surface area (Å²) in [5, 5.41) is 42.8. The Bertz CT molecular complexity index is 1180. The molecule has 1 saturated carbocycles. The standard InChI is InChI=1S/C22H28N4O3.C4H6O6/c1-5-29-20-9-15-16-8-14(27)6-7-18(16)25-21(17(15)10-19(20)28-4)13-11-23-22(24-12-13)26(2)3;5-1(3(7)8)2(6)4(9)10/h9-12,14,16,18,27H,5-8H2,1-4H3;1-2,5-6H,(H,7,8)(H,9,10)/t14-,16-,18-;1-,2-/m10/s1. The minimum Gasteiger partial charge on any atom is -0.493 e. The van der Waals surface area contributed by atoms with Gasteiger partial charge in [-0.05, 0) is 43.9 Å². The number of carbonyl (C=O) groups is 2. The molecule has 1 aliphatic heterocycles. The fourth-order valence-corrected chi connectivity index (χ4v) is 4.55. The lowest BCUT2D eigenvalue weighted by molar-refractivity contribution is -0.165. The molecule has 0 spiro atoms. The Labute approximate surface area is 225 Å². The van der Waals surface area contributed by atoms with E-state index in [1.807, 2.05) is 44.4 Å². The van der Waals surface area contributed by atoms with Gasteiger partial charge in [0, 0.05) is 43.5 Å². The quantitative estimate of drug-likeness (QED) is 0.311. The highest BCUT2D eigenvalue weighted by molar-refractivity contribution is 6.14. The van der Waals surface area contributed by atoms with E-state index in [4.69, 9.17) is 34.9 Å². The average Bonchev–Trinajstić information content (AvgIpc) is 2.92. The third-order valence-corrected chi connectivity index (χ3v) is 6.49. The van der Waals surface area contributed by atoms with Crippen molar-refractivity contribution in [2.24, 2.45) is 4.99 Å². The summed E-state index contributed by atoms with van der Waals surface area (Å²) in [5.41, 5.74) is 3.92. The normalized spacial score (nSPS) is 21.1. The fourth-order valence-electron chi connectivity index (χ4n) is 4.55. The van der Waals surface area contributed by atoms with Crippen molar-refractivity contribution >= 4 is 23.6 Å². The summed E-state index contributed by atoms with van der Waals surface area (Å²) in [6.45, 7) is 2.52. The molecule has 2 aromatic rings. The first-order valence-corrected chi connectivity index (χ1v) is 12.4. The van der Waals surface area contributed by atoms with Crippen LogP contribution in [0, 0.1) is 0 Å². The average molecular weight is 547 g/mol. The molecule has 5 N–H and O–H groups in total. The summed E-state index contributed by atoms with van der Waals surface area (Å²) in [4.78, 5) is 35.4. The second kappa shape index (κ2) is 12.8. The summed E-state index contributed by atoms with van der Waals surface area (Å²) < 4.78 is 11.4. The maximum absolute atomic E-state index is 10.3. The molecule has 1 fully saturated rings. The molecule has 2 heterocycles. The lowest BCUT2D eigenvalue weighted by Gasteiger charge is -2.37. The van der Waals surface area contributed by atoms with Gasteiger partial charge in [-0.25, -0.2) is 19.6 Å². The van der Waals surface area contributed by atoms with Gasteiger partial charge < -0.3 is 39.9 Å². The largest absolute Gasteiger partial charge is 0.493 e. The molecule has 2 aliphatic rings. The molecule has 1 aliphatic carbocycles. The lowest BCUT2D eigenvalue weighted by Crippen LogP contribution is -2.39. The molecule has 0 radical (unpaired) electrons. The fraction of sp³-hybridized carbons (Fsp3) is 0.500. The first-order valence-electron chi connectivity index (χ1n) is 12.4. The van der Waals surface area contributed by atoms with Gasteiger partial charge in [-0.1, -0.05) is 0 Å². The molecule has 0 saturated heterocycles. The number of fused-ring (bicyclic) bond motifs is 3. The van der Waals surface area contributed by atoms with Crippen molar-refractivity contribution < 1.29 is 44.6 Å². The van der Waals surface area contributed by atoms with E-state index in [9.17, 15) is 14.7 Å². The molecular weight excluding hydrogens is 512 g/mol. The van der Waals surface area contributed by atoms with Gasteiger partial charge in [0.25, 0.3) is 0 Å². The topological polar surface area (TPSA) is 195 Å². The highest BCUT2D eigenvalue weighted by Crippen LogP contribution is 2.44. The highest BCUT2D eigenvalue weighted by atomic mass is 16.5. The van der Waals surface area contributed by atoms with Gasteiger partial charge in [0.1, 0.15) is 0 Å². The van der Waals surface area contributed by atoms with Crippen LogP contribution in [-0.4, -0.2) is 105 Å². The second-order valence-corrected chi connectivity index (χ2v) is 9.37. The predicted octanol–water partition coefficient (Wildman–Crippen LogP) is 0.675. The second-order valence-electron chi connectivity index (χ2n) is 9.37. The van der Waals surface area contributed by atoms with E-state index in [0.29, 0.717) is 24.7 Å². The van der Waals surface area contributed by atoms with Crippen LogP contribution in [0.5, 0.6) is 11.5 Å². The van der Waals surface area contributed by atoms with Crippen LogP contribution in [0.1, 0.15) is 48.8 Å². The number of benzene rings is 1. The zero-order valence-corrected chi connectivity index (χ0v) is 22.2. The zero-order valence-electron chi connectivity index (χ0n) is 22.2. The van der Waals surface area contributed by atoms with Crippen molar-refractivity contribution in [1.29, 1.82) is 0 Å². The van der Waals surface area contributed by atoms with Crippen molar-refractivity contribution in [2.45, 2.75) is 56.5 Å². The van der Waals surface area contributed by atoms with Crippen LogP contribution in [0.25, 0.3) is 0 Å². The number of methoxy groups -OCH3 is 1. The van der Waals surface area contributed by atoms with E-state index >= 15 is 0 Å². The third kappa shape index (κ3) is 6.80. The van der Waals surface area contributed by atoms with Crippen LogP contribution in [0.2, 0.25) is 0 Å². The molecule has 13 heteroatoms. The molecular formula is C26H34N4O9. The summed E-state index contributed by atoms with van der Waals surface area (Å²) in [6.07, 6.45) is 1.18. The molecule has 39 heavy (non-hydrogen) atoms. The number of carboxylic acid groups (broad SMARTS) is 2. The molecule has 5 atom stereocenters. The number of carboxylic acids is 2. The van der Waals surface area contributed by atoms with Crippen molar-refractivity contribution in [2.75, 3.05) is 32.7 Å². The number of ether oxygens (including phenoxy) is 2. The van der Waals surface area contributed by atoms with E-state index in [-0.39, 0.29) is 18.1 Å². The number of hydrogen-bond acceptors (Lipinski definition) is 11. The Morgan fingerprint density at radius 2 is 1.67 bits per heavy atom. The highest BCUT2D eigenvalue weighted by Gasteiger charge is 2.37. The van der Waals surface area contributed by atoms with Crippen molar-refractivity contribution in [1.82, 2.24) is 9.97 Å². The van der Waals surface area contributed by atoms with Gasteiger partial charge in [-0.15, -0.1) is 0 Å². The zero-order chi connectivity index (χ0) is 28.9. The van der Waals surface area contributed by atoms with Gasteiger partial charge in [0.15, 0.2) is 23.7 Å². The van der Waals surface area contributed by atoms with Gasteiger partial charge in [0.2, 0.25) is 5.95 Å². The molecule has 4 rings (SSSR count). The van der Waals surface area contributed by atoms with Gasteiger partial charge >= 0.3 is 11.9 Å². The molecule has 212 valence electrons. The minimum atomic E-state index is -2.27. The number of nitrogens with zero attached hydrogens (tertiary/aromatic N) is 4. The number of aliphatic hydroxyl groups excluding tert-OH is 3. The van der Waals surface area contributed by atoms with Gasteiger partial charge in [-0.2, -0.15) is 0 Å². The Hall–Kier alpha value is -3.81. The van der Waals surface area contributed by atoms with E-state index in [1.165, 1.54) is 0 Å². The Morgan fingerprint density at radius 1 is 1.05 bits per heavy atom. The lowest BCUT2D eigenvalue weighted by atomic mass is 9.74. The van der Waals surface area contributed by atoms with Crippen LogP contribution in [0.15, 0.2) is 29.5 Å². The number of aliphatic carboxylic acids is 2. The van der Waals surface area contributed by atoms with Crippen LogP contribution >= 0.6 is 0 Å². The van der Waals surface area contributed by atoms with Crippen molar-refractivity contribution in [3.63, 3.8) is 0 Å². The number of rotatable bonds is 8. The summed E-state index contributed by atoms with van der Waals surface area (Å²) in [5.74, 6) is -1.30. The van der Waals surface area contributed by atoms with E-state index in [1.54, 1.807) is 7.11 Å². The van der Waals surface area contributed by atoms with Gasteiger partial charge in [0.05, 0.1) is 31.6 Å². The van der Waals surface area contributed by atoms with Crippen LogP contribution in [-0.2, 0) is 9.59 Å². The monoisotopic (exact) mass is 546 g/mol. The molecule has 0 bridgehead atoms. The third-order valence-electron chi connectivity index (χ3n) is 6.49. The Balaban J connectivity index is 0.000000360. The molecule has 1 aromatic carbocycles. The molecule has 0 amide bonds. The minimum absolute atomic E-state index is 0.136. The van der Waals surface area contributed by atoms with Crippen LogP contribution < -0.4 is 14.4 Å². The Morgan fingerprint density at radius 3 is 2.18 bits per heavy atom. The van der Waals surface area contributed by atoms with E-state index in [0.717, 1.165) is 41.0 Å². The molecule has 0 unspecified atom stereocenters. The van der Waals surface area contributed by atoms with Crippen molar-refractivity contribution in [3.05, 3.63) is 41.2 Å². The van der Waals surface area contributed by atoms with E-state index in [2.05, 4.69) is 16.0 Å².